The smallest absolute Gasteiger partial charge is 0.242 e. The Morgan fingerprint density at radius 1 is 1.06 bits per heavy atom. The van der Waals surface area contributed by atoms with E-state index in [0.717, 1.165) is 25.2 Å². The van der Waals surface area contributed by atoms with Gasteiger partial charge in [-0.15, -0.1) is 0 Å². The Kier molecular flexibility index (Phi) is 9.03. The van der Waals surface area contributed by atoms with E-state index in [-0.39, 0.29) is 10.8 Å². The topological polar surface area (TPSA) is 87.7 Å². The van der Waals surface area contributed by atoms with Crippen molar-refractivity contribution in [1.29, 1.82) is 0 Å². The molecule has 2 aromatic rings. The molecular formula is C23H33N3O4S. The average molecular weight is 448 g/mol. The highest BCUT2D eigenvalue weighted by Crippen LogP contribution is 2.18. The molecule has 0 saturated carbocycles. The number of carbonyl (C=O) groups is 1. The molecule has 0 aliphatic carbocycles. The molecule has 0 unspecified atom stereocenters. The van der Waals surface area contributed by atoms with Crippen LogP contribution in [0.3, 0.4) is 0 Å². The lowest BCUT2D eigenvalue weighted by Crippen LogP contribution is -2.47. The standard InChI is InChI=1S/C23H33N3O4S/c1-6-26(7-2)16-18-9-8-10-19(15-18)24-23(27)22(17(3)4)25-31(28,29)21-13-11-20(30-5)12-14-21/h8-15,17,22,25H,6-7,16H2,1-5H3,(H,24,27)/t22-/m0/s1. The molecular weight excluding hydrogens is 414 g/mol. The molecule has 8 heteroatoms. The van der Waals surface area contributed by atoms with Crippen molar-refractivity contribution in [3.63, 3.8) is 0 Å². The first kappa shape index (κ1) is 24.8. The minimum atomic E-state index is -3.87. The van der Waals surface area contributed by atoms with Gasteiger partial charge in [0.05, 0.1) is 12.0 Å². The van der Waals surface area contributed by atoms with Crippen LogP contribution in [0.5, 0.6) is 5.75 Å². The summed E-state index contributed by atoms with van der Waals surface area (Å²) in [4.78, 5) is 15.3. The lowest BCUT2D eigenvalue weighted by molar-refractivity contribution is -0.118. The lowest BCUT2D eigenvalue weighted by Gasteiger charge is -2.22. The van der Waals surface area contributed by atoms with Gasteiger partial charge in [0.2, 0.25) is 15.9 Å². The van der Waals surface area contributed by atoms with Crippen molar-refractivity contribution in [2.45, 2.75) is 45.2 Å². The predicted octanol–water partition coefficient (Wildman–Crippen LogP) is 3.48. The summed E-state index contributed by atoms with van der Waals surface area (Å²) in [6.07, 6.45) is 0. The number of anilines is 1. The Labute approximate surface area is 185 Å². The first-order chi connectivity index (χ1) is 14.7. The molecule has 2 N–H and O–H groups in total. The third-order valence-corrected chi connectivity index (χ3v) is 6.55. The summed E-state index contributed by atoms with van der Waals surface area (Å²) in [7, 11) is -2.36. The van der Waals surface area contributed by atoms with Crippen LogP contribution in [0.15, 0.2) is 53.4 Å². The van der Waals surface area contributed by atoms with Crippen molar-refractivity contribution >= 4 is 21.6 Å². The van der Waals surface area contributed by atoms with Crippen LogP contribution in [0.4, 0.5) is 5.69 Å². The van der Waals surface area contributed by atoms with Crippen LogP contribution in [0, 0.1) is 5.92 Å². The molecule has 1 atom stereocenters. The third-order valence-electron chi connectivity index (χ3n) is 5.10. The molecule has 0 spiro atoms. The summed E-state index contributed by atoms with van der Waals surface area (Å²) in [6, 6.07) is 12.8. The van der Waals surface area contributed by atoms with E-state index in [0.29, 0.717) is 11.4 Å². The number of amides is 1. The van der Waals surface area contributed by atoms with Crippen LogP contribution in [-0.2, 0) is 21.4 Å². The van der Waals surface area contributed by atoms with E-state index in [4.69, 9.17) is 4.74 Å². The molecule has 1 amide bonds. The highest BCUT2D eigenvalue weighted by atomic mass is 32.2. The maximum atomic E-state index is 12.9. The zero-order valence-corrected chi connectivity index (χ0v) is 19.7. The average Bonchev–Trinajstić information content (AvgIpc) is 2.75. The molecule has 2 aromatic carbocycles. The second-order valence-electron chi connectivity index (χ2n) is 7.67. The third kappa shape index (κ3) is 7.05. The fourth-order valence-corrected chi connectivity index (χ4v) is 4.50. The van der Waals surface area contributed by atoms with E-state index in [9.17, 15) is 13.2 Å². The normalized spacial score (nSPS) is 12.7. The van der Waals surface area contributed by atoms with Crippen LogP contribution in [0.25, 0.3) is 0 Å². The zero-order chi connectivity index (χ0) is 23.0. The quantitative estimate of drug-likeness (QED) is 0.551. The van der Waals surface area contributed by atoms with Crippen LogP contribution in [-0.4, -0.2) is 45.5 Å². The van der Waals surface area contributed by atoms with Gasteiger partial charge in [0.15, 0.2) is 0 Å². The van der Waals surface area contributed by atoms with Gasteiger partial charge in [-0.25, -0.2) is 8.42 Å². The minimum absolute atomic E-state index is 0.0768. The van der Waals surface area contributed by atoms with Crippen LogP contribution >= 0.6 is 0 Å². The summed E-state index contributed by atoms with van der Waals surface area (Å²) in [5.74, 6) is -0.0827. The van der Waals surface area contributed by atoms with Crippen molar-refractivity contribution in [3.8, 4) is 5.75 Å². The van der Waals surface area contributed by atoms with Gasteiger partial charge in [-0.1, -0.05) is 39.8 Å². The summed E-state index contributed by atoms with van der Waals surface area (Å²) >= 11 is 0. The molecule has 0 bridgehead atoms. The number of ether oxygens (including phenoxy) is 1. The zero-order valence-electron chi connectivity index (χ0n) is 18.9. The second kappa shape index (κ2) is 11.3. The van der Waals surface area contributed by atoms with Gasteiger partial charge in [0.1, 0.15) is 11.8 Å². The first-order valence-electron chi connectivity index (χ1n) is 10.5. The van der Waals surface area contributed by atoms with Crippen LogP contribution in [0.2, 0.25) is 0 Å². The van der Waals surface area contributed by atoms with Crippen LogP contribution < -0.4 is 14.8 Å². The molecule has 7 nitrogen and oxygen atoms in total. The number of benzene rings is 2. The Hall–Kier alpha value is -2.42. The predicted molar refractivity (Wildman–Crippen MR) is 124 cm³/mol. The fraction of sp³-hybridized carbons (Fsp3) is 0.435. The van der Waals surface area contributed by atoms with Gasteiger partial charge in [-0.2, -0.15) is 4.72 Å². The Morgan fingerprint density at radius 3 is 2.26 bits per heavy atom. The van der Waals surface area contributed by atoms with Crippen molar-refractivity contribution in [2.24, 2.45) is 5.92 Å². The van der Waals surface area contributed by atoms with Gasteiger partial charge >= 0.3 is 0 Å². The Morgan fingerprint density at radius 2 is 1.71 bits per heavy atom. The van der Waals surface area contributed by atoms with Crippen molar-refractivity contribution < 1.29 is 17.9 Å². The summed E-state index contributed by atoms with van der Waals surface area (Å²) in [5.41, 5.74) is 1.73. The fourth-order valence-electron chi connectivity index (χ4n) is 3.16. The number of sulfonamides is 1. The first-order valence-corrected chi connectivity index (χ1v) is 12.0. The summed E-state index contributed by atoms with van der Waals surface area (Å²) in [5, 5.41) is 2.86. The van der Waals surface area contributed by atoms with Gasteiger partial charge in [-0.3, -0.25) is 9.69 Å². The molecule has 0 radical (unpaired) electrons. The molecule has 0 aliphatic heterocycles. The number of hydrogen-bond acceptors (Lipinski definition) is 5. The number of carbonyl (C=O) groups excluding carboxylic acids is 1. The molecule has 31 heavy (non-hydrogen) atoms. The van der Waals surface area contributed by atoms with Gasteiger partial charge in [-0.05, 0) is 61.0 Å². The van der Waals surface area contributed by atoms with E-state index in [1.165, 1.54) is 19.2 Å². The maximum absolute atomic E-state index is 12.9. The second-order valence-corrected chi connectivity index (χ2v) is 9.38. The van der Waals surface area contributed by atoms with E-state index >= 15 is 0 Å². The SMILES string of the molecule is CCN(CC)Cc1cccc(NC(=O)[C@@H](NS(=O)(=O)c2ccc(OC)cc2)C(C)C)c1. The Balaban J connectivity index is 2.15. The minimum Gasteiger partial charge on any atom is -0.497 e. The summed E-state index contributed by atoms with van der Waals surface area (Å²) in [6.45, 7) is 10.5. The highest BCUT2D eigenvalue weighted by Gasteiger charge is 2.28. The number of methoxy groups -OCH3 is 1. The molecule has 0 aliphatic rings. The molecule has 2 rings (SSSR count). The molecule has 0 saturated heterocycles. The van der Waals surface area contributed by atoms with E-state index in [1.54, 1.807) is 32.0 Å². The Bertz CT molecular complexity index is 955. The van der Waals surface area contributed by atoms with Crippen molar-refractivity contribution in [3.05, 3.63) is 54.1 Å². The number of rotatable bonds is 11. The van der Waals surface area contributed by atoms with E-state index < -0.39 is 22.0 Å². The van der Waals surface area contributed by atoms with Gasteiger partial charge in [0.25, 0.3) is 0 Å². The van der Waals surface area contributed by atoms with Gasteiger partial charge in [0, 0.05) is 12.2 Å². The molecule has 0 heterocycles. The highest BCUT2D eigenvalue weighted by molar-refractivity contribution is 7.89. The monoisotopic (exact) mass is 447 g/mol. The summed E-state index contributed by atoms with van der Waals surface area (Å²) < 4.78 is 33.2. The largest absolute Gasteiger partial charge is 0.497 e. The molecule has 0 fully saturated rings. The van der Waals surface area contributed by atoms with E-state index in [2.05, 4.69) is 28.8 Å². The number of nitrogens with one attached hydrogen (secondary N) is 2. The van der Waals surface area contributed by atoms with E-state index in [1.807, 2.05) is 18.2 Å². The number of hydrogen-bond donors (Lipinski definition) is 2. The molecule has 170 valence electrons. The van der Waals surface area contributed by atoms with Crippen LogP contribution in [0.1, 0.15) is 33.3 Å². The van der Waals surface area contributed by atoms with Crippen molar-refractivity contribution in [1.82, 2.24) is 9.62 Å². The maximum Gasteiger partial charge on any atom is 0.242 e. The lowest BCUT2D eigenvalue weighted by atomic mass is 10.0. The van der Waals surface area contributed by atoms with Crippen molar-refractivity contribution in [2.75, 3.05) is 25.5 Å². The van der Waals surface area contributed by atoms with Gasteiger partial charge < -0.3 is 10.1 Å². The molecule has 0 aromatic heterocycles. The number of nitrogens with zero attached hydrogens (tertiary/aromatic N) is 1.